The summed E-state index contributed by atoms with van der Waals surface area (Å²) >= 11 is 6.35. The Kier molecular flexibility index (Phi) is 9.88. The molecule has 46 heavy (non-hydrogen) atoms. The zero-order valence-corrected chi connectivity index (χ0v) is 26.9. The van der Waals surface area contributed by atoms with Crippen molar-refractivity contribution in [1.29, 1.82) is 5.26 Å². The summed E-state index contributed by atoms with van der Waals surface area (Å²) in [4.78, 5) is 29.5. The van der Waals surface area contributed by atoms with Crippen LogP contribution in [0.3, 0.4) is 0 Å². The van der Waals surface area contributed by atoms with E-state index in [0.29, 0.717) is 32.4 Å². The van der Waals surface area contributed by atoms with Gasteiger partial charge in [0.05, 0.1) is 24.0 Å². The predicted octanol–water partition coefficient (Wildman–Crippen LogP) is 5.29. The van der Waals surface area contributed by atoms with Crippen LogP contribution in [0.4, 0.5) is 8.78 Å². The number of hydrogen-bond donors (Lipinski definition) is 0. The van der Waals surface area contributed by atoms with Crippen LogP contribution in [-0.4, -0.2) is 86.4 Å². The van der Waals surface area contributed by atoms with Gasteiger partial charge in [0.15, 0.2) is 0 Å². The molecule has 244 valence electrons. The maximum absolute atomic E-state index is 14.9. The minimum Gasteiger partial charge on any atom is -0.474 e. The molecule has 0 spiro atoms. The van der Waals surface area contributed by atoms with Crippen LogP contribution in [0.15, 0.2) is 41.4 Å². The molecule has 0 N–H and O–H groups in total. The van der Waals surface area contributed by atoms with Crippen LogP contribution in [-0.2, 0) is 10.2 Å². The van der Waals surface area contributed by atoms with Gasteiger partial charge in [-0.3, -0.25) is 9.69 Å². The highest BCUT2D eigenvalue weighted by atomic mass is 35.5. The molecule has 3 aromatic rings. The second-order valence-electron chi connectivity index (χ2n) is 12.2. The van der Waals surface area contributed by atoms with Gasteiger partial charge in [-0.05, 0) is 52.4 Å². The van der Waals surface area contributed by atoms with Crippen LogP contribution in [0.5, 0.6) is 11.8 Å². The number of hydrogen-bond acceptors (Lipinski definition) is 10. The molecule has 0 aliphatic carbocycles. The Bertz CT molecular complexity index is 1610. The van der Waals surface area contributed by atoms with Crippen molar-refractivity contribution in [3.05, 3.63) is 59.2 Å². The van der Waals surface area contributed by atoms with E-state index < -0.39 is 23.5 Å². The lowest BCUT2D eigenvalue weighted by Gasteiger charge is -2.37. The summed E-state index contributed by atoms with van der Waals surface area (Å²) in [6.07, 6.45) is 0.816. The predicted molar refractivity (Wildman–Crippen MR) is 164 cm³/mol. The van der Waals surface area contributed by atoms with Gasteiger partial charge in [-0.1, -0.05) is 29.4 Å². The average Bonchev–Trinajstić information content (AvgIpc) is 3.64. The highest BCUT2D eigenvalue weighted by Gasteiger charge is 2.37. The maximum atomic E-state index is 14.9. The van der Waals surface area contributed by atoms with Crippen LogP contribution in [0.2, 0.25) is 5.02 Å². The first-order valence-electron chi connectivity index (χ1n) is 15.1. The van der Waals surface area contributed by atoms with Crippen molar-refractivity contribution in [2.24, 2.45) is 0 Å². The summed E-state index contributed by atoms with van der Waals surface area (Å²) in [6, 6.07) is 7.54. The number of nitriles is 1. The van der Waals surface area contributed by atoms with E-state index in [2.05, 4.69) is 32.8 Å². The van der Waals surface area contributed by atoms with Gasteiger partial charge in [0.25, 0.3) is 0 Å². The van der Waals surface area contributed by atoms with Crippen LogP contribution in [0, 0.1) is 17.1 Å². The fourth-order valence-corrected chi connectivity index (χ4v) is 6.58. The molecule has 4 heterocycles. The number of rotatable bonds is 10. The lowest BCUT2D eigenvalue weighted by Crippen LogP contribution is -2.48. The third-order valence-corrected chi connectivity index (χ3v) is 8.88. The topological polar surface area (TPSA) is 130 Å². The van der Waals surface area contributed by atoms with E-state index in [1.54, 1.807) is 24.8 Å². The van der Waals surface area contributed by atoms with Crippen molar-refractivity contribution in [1.82, 2.24) is 29.9 Å². The van der Waals surface area contributed by atoms with E-state index in [-0.39, 0.29) is 70.4 Å². The molecule has 2 aliphatic rings. The zero-order chi connectivity index (χ0) is 33.2. The second kappa shape index (κ2) is 13.7. The van der Waals surface area contributed by atoms with Gasteiger partial charge in [0.1, 0.15) is 24.2 Å². The number of piperidine rings is 1. The molecule has 5 atom stereocenters. The quantitative estimate of drug-likeness (QED) is 0.266. The van der Waals surface area contributed by atoms with Crippen molar-refractivity contribution in [2.75, 3.05) is 20.1 Å². The molecule has 14 heteroatoms. The molecule has 1 aromatic carbocycles. The lowest BCUT2D eigenvalue weighted by atomic mass is 9.84. The summed E-state index contributed by atoms with van der Waals surface area (Å²) in [6.45, 7) is 9.51. The van der Waals surface area contributed by atoms with Crippen molar-refractivity contribution < 1.29 is 27.6 Å². The molecule has 2 aliphatic heterocycles. The number of ether oxygens (including phenoxy) is 2. The first kappa shape index (κ1) is 33.2. The molecule has 0 bridgehead atoms. The maximum Gasteiger partial charge on any atom is 0.246 e. The van der Waals surface area contributed by atoms with Gasteiger partial charge in [0.2, 0.25) is 35.2 Å². The van der Waals surface area contributed by atoms with Crippen LogP contribution in [0.1, 0.15) is 57.9 Å². The molecule has 2 aromatic heterocycles. The average molecular weight is 656 g/mol. The van der Waals surface area contributed by atoms with Crippen LogP contribution >= 0.6 is 11.6 Å². The third-order valence-electron chi connectivity index (χ3n) is 8.57. The fraction of sp³-hybridized carbons (Fsp3) is 0.500. The Morgan fingerprint density at radius 1 is 1.28 bits per heavy atom. The summed E-state index contributed by atoms with van der Waals surface area (Å²) in [5.74, 6) is -0.333. The molecule has 0 saturated carbocycles. The largest absolute Gasteiger partial charge is 0.474 e. The Morgan fingerprint density at radius 3 is 2.72 bits per heavy atom. The molecule has 11 nitrogen and oxygen atoms in total. The number of carbonyl (C=O) groups excluding carboxylic acids is 1. The van der Waals surface area contributed by atoms with Gasteiger partial charge >= 0.3 is 0 Å². The van der Waals surface area contributed by atoms with E-state index in [1.807, 2.05) is 18.9 Å². The van der Waals surface area contributed by atoms with E-state index in [4.69, 9.17) is 25.6 Å². The van der Waals surface area contributed by atoms with Gasteiger partial charge in [-0.25, -0.2) is 8.78 Å². The fourth-order valence-electron chi connectivity index (χ4n) is 6.18. The SMILES string of the molecule is C=CC(=O)N1CC[C@H](Oc2cc(O[C@@H](C)[C@@H]3C[C@@H](F)CN3C)nc(-c3noc(C(C)(C)c4c(F)cccc4Cl)n3)n2)C[C@H]1CC#N. The van der Waals surface area contributed by atoms with E-state index >= 15 is 0 Å². The summed E-state index contributed by atoms with van der Waals surface area (Å²) in [7, 11) is 1.84. The van der Waals surface area contributed by atoms with Crippen LogP contribution < -0.4 is 9.47 Å². The molecule has 2 saturated heterocycles. The van der Waals surface area contributed by atoms with E-state index in [0.717, 1.165) is 0 Å². The monoisotopic (exact) mass is 655 g/mol. The van der Waals surface area contributed by atoms with Gasteiger partial charge in [0, 0.05) is 48.6 Å². The summed E-state index contributed by atoms with van der Waals surface area (Å²) in [5.41, 5.74) is -0.902. The van der Waals surface area contributed by atoms with Crippen molar-refractivity contribution in [3.8, 4) is 29.5 Å². The first-order valence-corrected chi connectivity index (χ1v) is 15.4. The number of likely N-dealkylation sites (tertiary alicyclic amines) is 2. The third kappa shape index (κ3) is 6.98. The smallest absolute Gasteiger partial charge is 0.246 e. The van der Waals surface area contributed by atoms with Gasteiger partial charge in [-0.2, -0.15) is 20.2 Å². The number of likely N-dealkylation sites (N-methyl/N-ethyl adjacent to an activating group) is 1. The second-order valence-corrected chi connectivity index (χ2v) is 12.6. The van der Waals surface area contributed by atoms with Crippen molar-refractivity contribution in [3.63, 3.8) is 0 Å². The molecular formula is C32H36ClF2N7O4. The normalized spacial score (nSPS) is 22.7. The Hall–Kier alpha value is -4.15. The van der Waals surface area contributed by atoms with E-state index in [9.17, 15) is 18.8 Å². The lowest BCUT2D eigenvalue weighted by molar-refractivity contribution is -0.130. The van der Waals surface area contributed by atoms with E-state index in [1.165, 1.54) is 24.3 Å². The number of alkyl halides is 1. The number of carbonyl (C=O) groups is 1. The highest BCUT2D eigenvalue weighted by Crippen LogP contribution is 2.38. The number of aromatic nitrogens is 4. The molecule has 2 fully saturated rings. The molecule has 0 unspecified atom stereocenters. The van der Waals surface area contributed by atoms with Gasteiger partial charge in [-0.15, -0.1) is 0 Å². The number of amides is 1. The Balaban J connectivity index is 1.46. The molecular weight excluding hydrogens is 620 g/mol. The minimum atomic E-state index is -1.10. The summed E-state index contributed by atoms with van der Waals surface area (Å²) in [5, 5.41) is 13.7. The molecule has 1 amide bonds. The standard InChI is InChI=1S/C32H36ClF2N7O4/c1-6-27(43)42-13-11-21(15-20(42)10-12-36)45-26-16-25(44-18(2)24-14-19(34)17-41(24)5)37-29(38-26)30-39-31(46-40-30)32(3,4)28-22(33)8-7-9-23(28)35/h6-9,16,18-21,24H,1,10-11,13-15,17H2,2-5H3/t18-,19+,20+,21-,24-/m0/s1. The Labute approximate surface area is 271 Å². The van der Waals surface area contributed by atoms with Crippen molar-refractivity contribution in [2.45, 2.75) is 82.3 Å². The summed E-state index contributed by atoms with van der Waals surface area (Å²) < 4.78 is 47.1. The first-order chi connectivity index (χ1) is 21.9. The number of benzene rings is 1. The van der Waals surface area contributed by atoms with Crippen LogP contribution in [0.25, 0.3) is 11.6 Å². The van der Waals surface area contributed by atoms with Gasteiger partial charge < -0.3 is 18.9 Å². The molecule has 0 radical (unpaired) electrons. The molecule has 5 rings (SSSR count). The van der Waals surface area contributed by atoms with Crippen molar-refractivity contribution >= 4 is 17.5 Å². The zero-order valence-electron chi connectivity index (χ0n) is 26.1. The number of halogens is 3. The minimum absolute atomic E-state index is 0.00838. The highest BCUT2D eigenvalue weighted by molar-refractivity contribution is 6.31. The number of nitrogens with zero attached hydrogens (tertiary/aromatic N) is 7. The Morgan fingerprint density at radius 2 is 2.04 bits per heavy atom.